The second-order valence-corrected chi connectivity index (χ2v) is 6.12. The van der Waals surface area contributed by atoms with E-state index in [4.69, 9.17) is 5.73 Å². The van der Waals surface area contributed by atoms with Gasteiger partial charge in [0.2, 0.25) is 5.91 Å². The number of nitrogens with two attached hydrogens (primary N) is 1. The van der Waals surface area contributed by atoms with Gasteiger partial charge >= 0.3 is 0 Å². The van der Waals surface area contributed by atoms with Gasteiger partial charge in [0, 0.05) is 18.5 Å². The number of carbonyl (C=O) groups excluding carboxylic acids is 1. The molecule has 0 heterocycles. The van der Waals surface area contributed by atoms with E-state index in [0.717, 1.165) is 51.4 Å². The van der Waals surface area contributed by atoms with E-state index in [1.54, 1.807) is 0 Å². The molecule has 0 saturated heterocycles. The van der Waals surface area contributed by atoms with Crippen LogP contribution in [-0.2, 0) is 4.79 Å². The molecule has 4 N–H and O–H groups in total. The van der Waals surface area contributed by atoms with Gasteiger partial charge in [-0.3, -0.25) is 4.79 Å². The van der Waals surface area contributed by atoms with Crippen LogP contribution in [0, 0.1) is 5.92 Å². The predicted molar refractivity (Wildman–Crippen MR) is 71.0 cm³/mol. The van der Waals surface area contributed by atoms with Crippen LogP contribution in [0.25, 0.3) is 0 Å². The van der Waals surface area contributed by atoms with E-state index in [9.17, 15) is 9.90 Å². The smallest absolute Gasteiger partial charge is 0.220 e. The summed E-state index contributed by atoms with van der Waals surface area (Å²) in [6, 6.07) is 0.451. The second kappa shape index (κ2) is 6.02. The molecule has 1 amide bonds. The number of hydrogen-bond acceptors (Lipinski definition) is 3. The van der Waals surface area contributed by atoms with Gasteiger partial charge in [-0.1, -0.05) is 19.3 Å². The predicted octanol–water partition coefficient (Wildman–Crippen LogP) is 1.32. The summed E-state index contributed by atoms with van der Waals surface area (Å²) in [5.41, 5.74) is 4.84. The Morgan fingerprint density at radius 2 is 1.78 bits per heavy atom. The zero-order valence-electron chi connectivity index (χ0n) is 11.2. The van der Waals surface area contributed by atoms with Crippen LogP contribution in [0.5, 0.6) is 0 Å². The Balaban J connectivity index is 1.70. The van der Waals surface area contributed by atoms with E-state index >= 15 is 0 Å². The minimum Gasteiger partial charge on any atom is -0.389 e. The Bertz CT molecular complexity index is 280. The van der Waals surface area contributed by atoms with Gasteiger partial charge in [-0.2, -0.15) is 0 Å². The molecule has 104 valence electrons. The monoisotopic (exact) mass is 254 g/mol. The van der Waals surface area contributed by atoms with Crippen LogP contribution in [0.4, 0.5) is 0 Å². The molecule has 0 radical (unpaired) electrons. The fourth-order valence-electron chi connectivity index (χ4n) is 3.30. The number of primary amides is 1. The van der Waals surface area contributed by atoms with Crippen LogP contribution >= 0.6 is 0 Å². The van der Waals surface area contributed by atoms with Gasteiger partial charge in [0.15, 0.2) is 0 Å². The number of rotatable bonds is 4. The van der Waals surface area contributed by atoms with E-state index in [-0.39, 0.29) is 11.8 Å². The number of hydrogen-bond donors (Lipinski definition) is 3. The first-order chi connectivity index (χ1) is 8.59. The summed E-state index contributed by atoms with van der Waals surface area (Å²) in [5.74, 6) is -0.0832. The molecule has 2 rings (SSSR count). The molecule has 0 aromatic rings. The van der Waals surface area contributed by atoms with Crippen molar-refractivity contribution >= 4 is 5.91 Å². The van der Waals surface area contributed by atoms with E-state index in [1.165, 1.54) is 6.42 Å². The quantitative estimate of drug-likeness (QED) is 0.708. The van der Waals surface area contributed by atoms with Gasteiger partial charge in [0.25, 0.3) is 0 Å². The van der Waals surface area contributed by atoms with Crippen LogP contribution < -0.4 is 11.1 Å². The molecular formula is C14H26N2O2. The van der Waals surface area contributed by atoms with Crippen molar-refractivity contribution in [2.75, 3.05) is 6.54 Å². The second-order valence-electron chi connectivity index (χ2n) is 6.12. The highest BCUT2D eigenvalue weighted by molar-refractivity contribution is 5.76. The Morgan fingerprint density at radius 3 is 2.33 bits per heavy atom. The van der Waals surface area contributed by atoms with Gasteiger partial charge in [-0.15, -0.1) is 0 Å². The molecule has 0 atom stereocenters. The highest BCUT2D eigenvalue weighted by atomic mass is 16.3. The average molecular weight is 254 g/mol. The highest BCUT2D eigenvalue weighted by Gasteiger charge is 2.31. The highest BCUT2D eigenvalue weighted by Crippen LogP contribution is 2.29. The lowest BCUT2D eigenvalue weighted by Crippen LogP contribution is -2.47. The standard InChI is InChI=1S/C14H26N2O2/c15-13(17)11-4-6-12(7-5-11)16-10-14(18)8-2-1-3-9-14/h11-12,16,18H,1-10H2,(H2,15,17). The van der Waals surface area contributed by atoms with Crippen LogP contribution in [0.1, 0.15) is 57.8 Å². The summed E-state index contributed by atoms with van der Waals surface area (Å²) in [4.78, 5) is 11.1. The van der Waals surface area contributed by atoms with Gasteiger partial charge in [-0.05, 0) is 38.5 Å². The van der Waals surface area contributed by atoms with Crippen molar-refractivity contribution in [3.8, 4) is 0 Å². The number of aliphatic hydroxyl groups is 1. The molecular weight excluding hydrogens is 228 g/mol. The van der Waals surface area contributed by atoms with Crippen molar-refractivity contribution < 1.29 is 9.90 Å². The minimum absolute atomic E-state index is 0.0702. The Hall–Kier alpha value is -0.610. The third kappa shape index (κ3) is 3.69. The van der Waals surface area contributed by atoms with Crippen LogP contribution in [-0.4, -0.2) is 29.2 Å². The van der Waals surface area contributed by atoms with E-state index in [2.05, 4.69) is 5.32 Å². The molecule has 2 aliphatic rings. The van der Waals surface area contributed by atoms with Crippen molar-refractivity contribution in [3.63, 3.8) is 0 Å². The van der Waals surface area contributed by atoms with Crippen LogP contribution in [0.2, 0.25) is 0 Å². The maximum absolute atomic E-state index is 11.1. The summed E-state index contributed by atoms with van der Waals surface area (Å²) in [6.07, 6.45) is 9.20. The normalized spacial score (nSPS) is 32.1. The molecule has 4 heteroatoms. The van der Waals surface area contributed by atoms with E-state index in [0.29, 0.717) is 12.6 Å². The Kier molecular flexibility index (Phi) is 4.62. The number of amides is 1. The minimum atomic E-state index is -0.487. The summed E-state index contributed by atoms with van der Waals surface area (Å²) >= 11 is 0. The van der Waals surface area contributed by atoms with Crippen LogP contribution in [0.15, 0.2) is 0 Å². The molecule has 2 fully saturated rings. The zero-order valence-corrected chi connectivity index (χ0v) is 11.2. The summed E-state index contributed by atoms with van der Waals surface area (Å²) in [5, 5.41) is 13.9. The van der Waals surface area contributed by atoms with Gasteiger partial charge in [0.1, 0.15) is 0 Å². The molecule has 0 aliphatic heterocycles. The molecule has 0 bridgehead atoms. The molecule has 0 aromatic carbocycles. The molecule has 0 spiro atoms. The maximum atomic E-state index is 11.1. The van der Waals surface area contributed by atoms with Gasteiger partial charge in [-0.25, -0.2) is 0 Å². The first-order valence-corrected chi connectivity index (χ1v) is 7.34. The van der Waals surface area contributed by atoms with Crippen molar-refractivity contribution in [1.82, 2.24) is 5.32 Å². The lowest BCUT2D eigenvalue weighted by Gasteiger charge is -2.35. The van der Waals surface area contributed by atoms with E-state index in [1.807, 2.05) is 0 Å². The molecule has 2 saturated carbocycles. The molecule has 2 aliphatic carbocycles. The number of nitrogens with one attached hydrogen (secondary N) is 1. The molecule has 18 heavy (non-hydrogen) atoms. The molecule has 4 nitrogen and oxygen atoms in total. The third-order valence-electron chi connectivity index (χ3n) is 4.63. The number of carbonyl (C=O) groups is 1. The van der Waals surface area contributed by atoms with Gasteiger partial charge in [0.05, 0.1) is 5.60 Å². The van der Waals surface area contributed by atoms with Crippen molar-refractivity contribution in [3.05, 3.63) is 0 Å². The maximum Gasteiger partial charge on any atom is 0.220 e. The summed E-state index contributed by atoms with van der Waals surface area (Å²) < 4.78 is 0. The first-order valence-electron chi connectivity index (χ1n) is 7.34. The van der Waals surface area contributed by atoms with Gasteiger partial charge < -0.3 is 16.2 Å². The molecule has 0 aromatic heterocycles. The fraction of sp³-hybridized carbons (Fsp3) is 0.929. The van der Waals surface area contributed by atoms with E-state index < -0.39 is 5.60 Å². The SMILES string of the molecule is NC(=O)C1CCC(NCC2(O)CCCCC2)CC1. The lowest BCUT2D eigenvalue weighted by molar-refractivity contribution is -0.122. The lowest BCUT2D eigenvalue weighted by atomic mass is 9.83. The van der Waals surface area contributed by atoms with Crippen LogP contribution in [0.3, 0.4) is 0 Å². The molecule has 0 unspecified atom stereocenters. The summed E-state index contributed by atoms with van der Waals surface area (Å²) in [7, 11) is 0. The van der Waals surface area contributed by atoms with Crippen molar-refractivity contribution in [1.29, 1.82) is 0 Å². The largest absolute Gasteiger partial charge is 0.389 e. The fourth-order valence-corrected chi connectivity index (χ4v) is 3.30. The summed E-state index contributed by atoms with van der Waals surface area (Å²) in [6.45, 7) is 0.707. The van der Waals surface area contributed by atoms with Crippen molar-refractivity contribution in [2.24, 2.45) is 11.7 Å². The Labute approximate surface area is 109 Å². The average Bonchev–Trinajstić information content (AvgIpc) is 2.38. The first kappa shape index (κ1) is 13.8. The van der Waals surface area contributed by atoms with Crippen molar-refractivity contribution in [2.45, 2.75) is 69.4 Å². The topological polar surface area (TPSA) is 75.4 Å². The Morgan fingerprint density at radius 1 is 1.17 bits per heavy atom. The third-order valence-corrected chi connectivity index (χ3v) is 4.63. The zero-order chi connectivity index (χ0) is 13.0.